The summed E-state index contributed by atoms with van der Waals surface area (Å²) in [4.78, 5) is 30.1. The molecule has 0 N–H and O–H groups in total. The summed E-state index contributed by atoms with van der Waals surface area (Å²) in [6.07, 6.45) is 3.37. The zero-order valence-electron chi connectivity index (χ0n) is 16.5. The molecule has 0 aliphatic carbocycles. The Bertz CT molecular complexity index is 1000. The number of imidazole rings is 1. The molecule has 1 aliphatic rings. The number of anilines is 1. The lowest BCUT2D eigenvalue weighted by atomic mass is 10.1. The number of aromatic nitrogens is 4. The molecular weight excluding hydrogens is 352 g/mol. The van der Waals surface area contributed by atoms with E-state index in [1.54, 1.807) is 12.7 Å². The molecule has 0 bridgehead atoms. The fourth-order valence-corrected chi connectivity index (χ4v) is 3.49. The van der Waals surface area contributed by atoms with Crippen molar-refractivity contribution in [2.45, 2.75) is 20.8 Å². The quantitative estimate of drug-likeness (QED) is 0.703. The average molecular weight is 376 g/mol. The molecule has 0 saturated carbocycles. The lowest BCUT2D eigenvalue weighted by molar-refractivity contribution is 0.0746. The van der Waals surface area contributed by atoms with Crippen LogP contribution in [0.5, 0.6) is 0 Å². The van der Waals surface area contributed by atoms with Crippen molar-refractivity contribution in [3.8, 4) is 5.82 Å². The van der Waals surface area contributed by atoms with Crippen LogP contribution in [0, 0.1) is 20.8 Å². The van der Waals surface area contributed by atoms with Gasteiger partial charge in [-0.1, -0.05) is 18.2 Å². The van der Waals surface area contributed by atoms with Gasteiger partial charge in [-0.2, -0.15) is 0 Å². The van der Waals surface area contributed by atoms with Gasteiger partial charge in [0.05, 0.1) is 5.69 Å². The Labute approximate surface area is 164 Å². The highest BCUT2D eigenvalue weighted by atomic mass is 16.2. The van der Waals surface area contributed by atoms with Gasteiger partial charge >= 0.3 is 0 Å². The molecule has 2 aromatic heterocycles. The summed E-state index contributed by atoms with van der Waals surface area (Å²) in [7, 11) is 0. The van der Waals surface area contributed by atoms with Crippen LogP contribution in [0.1, 0.15) is 27.3 Å². The third-order valence-electron chi connectivity index (χ3n) is 5.40. The highest BCUT2D eigenvalue weighted by Crippen LogP contribution is 2.19. The number of piperazine rings is 1. The lowest BCUT2D eigenvalue weighted by Gasteiger charge is -2.35. The molecule has 0 radical (unpaired) electrons. The average Bonchev–Trinajstić information content (AvgIpc) is 3.07. The fourth-order valence-electron chi connectivity index (χ4n) is 3.49. The molecule has 1 amide bonds. The van der Waals surface area contributed by atoms with Crippen LogP contribution in [0.4, 0.5) is 5.82 Å². The van der Waals surface area contributed by atoms with Crippen molar-refractivity contribution in [1.82, 2.24) is 24.4 Å². The van der Waals surface area contributed by atoms with Crippen molar-refractivity contribution >= 4 is 11.7 Å². The van der Waals surface area contributed by atoms with E-state index in [0.29, 0.717) is 13.1 Å². The van der Waals surface area contributed by atoms with Gasteiger partial charge in [0.1, 0.15) is 24.3 Å². The molecule has 4 rings (SSSR count). The number of carbonyl (C=O) groups excluding carboxylic acids is 1. The van der Waals surface area contributed by atoms with Crippen LogP contribution in [-0.4, -0.2) is 56.5 Å². The second-order valence-electron chi connectivity index (χ2n) is 7.11. The summed E-state index contributed by atoms with van der Waals surface area (Å²) in [5.41, 5.74) is 3.86. The SMILES string of the molecule is Cc1ccccc1C(=O)N1CCN(c2cc(-n3cnc(C)c3C)ncn2)CC1. The van der Waals surface area contributed by atoms with Gasteiger partial charge in [0, 0.05) is 43.5 Å². The first-order valence-corrected chi connectivity index (χ1v) is 9.47. The number of aryl methyl sites for hydroxylation is 2. The predicted molar refractivity (Wildman–Crippen MR) is 108 cm³/mol. The van der Waals surface area contributed by atoms with Crippen LogP contribution in [0.3, 0.4) is 0 Å². The maximum absolute atomic E-state index is 12.8. The van der Waals surface area contributed by atoms with Crippen molar-refractivity contribution < 1.29 is 4.79 Å². The molecule has 0 spiro atoms. The topological polar surface area (TPSA) is 67.2 Å². The van der Waals surface area contributed by atoms with E-state index in [2.05, 4.69) is 19.9 Å². The third-order valence-corrected chi connectivity index (χ3v) is 5.40. The second kappa shape index (κ2) is 7.42. The summed E-state index contributed by atoms with van der Waals surface area (Å²) in [6.45, 7) is 8.84. The van der Waals surface area contributed by atoms with Crippen molar-refractivity contribution in [2.24, 2.45) is 0 Å². The Kier molecular flexibility index (Phi) is 4.81. The van der Waals surface area contributed by atoms with E-state index < -0.39 is 0 Å². The van der Waals surface area contributed by atoms with Gasteiger partial charge in [-0.25, -0.2) is 15.0 Å². The number of hydrogen-bond acceptors (Lipinski definition) is 5. The molecule has 0 unspecified atom stereocenters. The summed E-state index contributed by atoms with van der Waals surface area (Å²) >= 11 is 0. The normalized spacial score (nSPS) is 14.4. The smallest absolute Gasteiger partial charge is 0.254 e. The molecular formula is C21H24N6O. The van der Waals surface area contributed by atoms with Crippen LogP contribution < -0.4 is 4.90 Å². The highest BCUT2D eigenvalue weighted by Gasteiger charge is 2.24. The standard InChI is InChI=1S/C21H24N6O/c1-15-6-4-5-7-18(15)21(28)26-10-8-25(9-11-26)19-12-20(23-13-22-19)27-14-24-16(2)17(27)3/h4-7,12-14H,8-11H2,1-3H3. The third kappa shape index (κ3) is 3.35. The number of benzene rings is 1. The van der Waals surface area contributed by atoms with E-state index in [-0.39, 0.29) is 5.91 Å². The first-order valence-electron chi connectivity index (χ1n) is 9.47. The van der Waals surface area contributed by atoms with E-state index in [9.17, 15) is 4.79 Å². The van der Waals surface area contributed by atoms with Gasteiger partial charge in [-0.05, 0) is 32.4 Å². The van der Waals surface area contributed by atoms with Gasteiger partial charge in [0.25, 0.3) is 5.91 Å². The summed E-state index contributed by atoms with van der Waals surface area (Å²) in [5, 5.41) is 0. The van der Waals surface area contributed by atoms with E-state index in [0.717, 1.165) is 47.2 Å². The first kappa shape index (κ1) is 18.2. The first-order chi connectivity index (χ1) is 13.5. The molecule has 28 heavy (non-hydrogen) atoms. The monoisotopic (exact) mass is 376 g/mol. The predicted octanol–water partition coefficient (Wildman–Crippen LogP) is 2.55. The fraction of sp³-hybridized carbons (Fsp3) is 0.333. The number of hydrogen-bond donors (Lipinski definition) is 0. The van der Waals surface area contributed by atoms with E-state index in [1.165, 1.54) is 0 Å². The maximum Gasteiger partial charge on any atom is 0.254 e. The number of nitrogens with zero attached hydrogens (tertiary/aromatic N) is 6. The molecule has 1 saturated heterocycles. The van der Waals surface area contributed by atoms with Crippen molar-refractivity contribution in [3.63, 3.8) is 0 Å². The minimum atomic E-state index is 0.102. The van der Waals surface area contributed by atoms with E-state index in [4.69, 9.17) is 0 Å². The largest absolute Gasteiger partial charge is 0.353 e. The van der Waals surface area contributed by atoms with Gasteiger partial charge in [-0.3, -0.25) is 9.36 Å². The van der Waals surface area contributed by atoms with Crippen molar-refractivity contribution in [3.05, 3.63) is 65.5 Å². The Morgan fingerprint density at radius 1 is 0.929 bits per heavy atom. The molecule has 1 aliphatic heterocycles. The summed E-state index contributed by atoms with van der Waals surface area (Å²) < 4.78 is 1.97. The summed E-state index contributed by atoms with van der Waals surface area (Å²) in [5.74, 6) is 1.78. The van der Waals surface area contributed by atoms with Crippen molar-refractivity contribution in [1.29, 1.82) is 0 Å². The molecule has 7 nitrogen and oxygen atoms in total. The van der Waals surface area contributed by atoms with Gasteiger partial charge in [-0.15, -0.1) is 0 Å². The van der Waals surface area contributed by atoms with Crippen LogP contribution in [0.2, 0.25) is 0 Å². The molecule has 1 aromatic carbocycles. The summed E-state index contributed by atoms with van der Waals surface area (Å²) in [6, 6.07) is 9.73. The zero-order chi connectivity index (χ0) is 19.7. The molecule has 144 valence electrons. The Morgan fingerprint density at radius 2 is 1.64 bits per heavy atom. The van der Waals surface area contributed by atoms with Crippen LogP contribution in [0.15, 0.2) is 43.0 Å². The molecule has 3 aromatic rings. The Morgan fingerprint density at radius 3 is 2.32 bits per heavy atom. The van der Waals surface area contributed by atoms with E-state index >= 15 is 0 Å². The molecule has 3 heterocycles. The highest BCUT2D eigenvalue weighted by molar-refractivity contribution is 5.95. The Balaban J connectivity index is 1.47. The van der Waals surface area contributed by atoms with Gasteiger partial charge in [0.2, 0.25) is 0 Å². The Hall–Kier alpha value is -3.22. The van der Waals surface area contributed by atoms with Crippen molar-refractivity contribution in [2.75, 3.05) is 31.1 Å². The maximum atomic E-state index is 12.8. The zero-order valence-corrected chi connectivity index (χ0v) is 16.5. The molecule has 7 heteroatoms. The number of rotatable bonds is 3. The minimum absolute atomic E-state index is 0.102. The second-order valence-corrected chi connectivity index (χ2v) is 7.11. The van der Waals surface area contributed by atoms with Crippen LogP contribution >= 0.6 is 0 Å². The van der Waals surface area contributed by atoms with Gasteiger partial charge in [0.15, 0.2) is 0 Å². The number of amides is 1. The minimum Gasteiger partial charge on any atom is -0.353 e. The van der Waals surface area contributed by atoms with Crippen LogP contribution in [-0.2, 0) is 0 Å². The van der Waals surface area contributed by atoms with Gasteiger partial charge < -0.3 is 9.80 Å². The van der Waals surface area contributed by atoms with Crippen LogP contribution in [0.25, 0.3) is 5.82 Å². The van der Waals surface area contributed by atoms with E-state index in [1.807, 2.05) is 60.6 Å². The number of carbonyl (C=O) groups is 1. The molecule has 1 fully saturated rings. The lowest BCUT2D eigenvalue weighted by Crippen LogP contribution is -2.49. The molecule has 0 atom stereocenters.